The van der Waals surface area contributed by atoms with E-state index in [2.05, 4.69) is 37.2 Å². The molecule has 1 nitrogen and oxygen atoms in total. The quantitative estimate of drug-likeness (QED) is 0.750. The van der Waals surface area contributed by atoms with E-state index in [1.807, 2.05) is 0 Å². The third-order valence-electron chi connectivity index (χ3n) is 2.49. The van der Waals surface area contributed by atoms with Crippen LogP contribution in [0.1, 0.15) is 5.56 Å². The number of nitrogens with one attached hydrogen (secondary N) is 1. The van der Waals surface area contributed by atoms with Gasteiger partial charge in [0.2, 0.25) is 0 Å². The van der Waals surface area contributed by atoms with E-state index in [9.17, 15) is 13.2 Å². The summed E-state index contributed by atoms with van der Waals surface area (Å²) in [6, 6.07) is 6.81. The second-order valence-electron chi connectivity index (χ2n) is 3.81. The molecule has 0 saturated carbocycles. The molecule has 100 valence electrons. The van der Waals surface area contributed by atoms with Gasteiger partial charge in [-0.3, -0.25) is 0 Å². The van der Waals surface area contributed by atoms with Crippen LogP contribution in [0.2, 0.25) is 0 Å². The summed E-state index contributed by atoms with van der Waals surface area (Å²) in [5.74, 6) is -1.84. The number of hydrogen-bond acceptors (Lipinski definition) is 1. The number of benzene rings is 2. The smallest absolute Gasteiger partial charge is 0.150 e. The van der Waals surface area contributed by atoms with Gasteiger partial charge < -0.3 is 5.32 Å². The van der Waals surface area contributed by atoms with E-state index in [0.29, 0.717) is 10.0 Å². The summed E-state index contributed by atoms with van der Waals surface area (Å²) >= 11 is 6.09. The first-order chi connectivity index (χ1) is 8.99. The van der Waals surface area contributed by atoms with Crippen LogP contribution >= 0.6 is 31.9 Å². The summed E-state index contributed by atoms with van der Waals surface area (Å²) in [6.45, 7) is 0.105. The largest absolute Gasteiger partial charge is 0.376 e. The molecule has 0 heterocycles. The van der Waals surface area contributed by atoms with Crippen LogP contribution in [0.4, 0.5) is 18.9 Å². The standard InChI is InChI=1S/C13H8Br2F3N/c14-8-4-10(17)13(11(18)5-8)19-6-7-2-1-3-9(16)12(7)15/h1-5,19H,6H2. The highest BCUT2D eigenvalue weighted by atomic mass is 79.9. The Balaban J connectivity index is 2.22. The number of rotatable bonds is 3. The third kappa shape index (κ3) is 3.30. The van der Waals surface area contributed by atoms with Crippen molar-refractivity contribution < 1.29 is 13.2 Å². The predicted octanol–water partition coefficient (Wildman–Crippen LogP) is 5.24. The number of anilines is 1. The fraction of sp³-hybridized carbons (Fsp3) is 0.0769. The van der Waals surface area contributed by atoms with Crippen LogP contribution in [0.5, 0.6) is 0 Å². The molecule has 0 amide bonds. The lowest BCUT2D eigenvalue weighted by molar-refractivity contribution is 0.586. The van der Waals surface area contributed by atoms with Crippen LogP contribution in [0, 0.1) is 17.5 Å². The van der Waals surface area contributed by atoms with Crippen molar-refractivity contribution in [2.75, 3.05) is 5.32 Å². The monoisotopic (exact) mass is 393 g/mol. The number of halogens is 5. The predicted molar refractivity (Wildman–Crippen MR) is 75.5 cm³/mol. The van der Waals surface area contributed by atoms with Gasteiger partial charge in [0.15, 0.2) is 0 Å². The molecule has 0 radical (unpaired) electrons. The highest BCUT2D eigenvalue weighted by Crippen LogP contribution is 2.26. The molecule has 2 aromatic carbocycles. The minimum absolute atomic E-state index is 0.105. The fourth-order valence-corrected chi connectivity index (χ4v) is 2.39. The van der Waals surface area contributed by atoms with Crippen molar-refractivity contribution >= 4 is 37.5 Å². The van der Waals surface area contributed by atoms with Gasteiger partial charge in [0.1, 0.15) is 23.1 Å². The minimum Gasteiger partial charge on any atom is -0.376 e. The molecule has 0 bridgehead atoms. The molecule has 0 spiro atoms. The van der Waals surface area contributed by atoms with E-state index in [4.69, 9.17) is 0 Å². The number of hydrogen-bond donors (Lipinski definition) is 1. The summed E-state index contributed by atoms with van der Waals surface area (Å²) < 4.78 is 41.0. The van der Waals surface area contributed by atoms with E-state index in [0.717, 1.165) is 12.1 Å². The summed E-state index contributed by atoms with van der Waals surface area (Å²) in [5, 5.41) is 2.63. The maximum Gasteiger partial charge on any atom is 0.150 e. The van der Waals surface area contributed by atoms with Crippen LogP contribution in [0.15, 0.2) is 39.3 Å². The zero-order chi connectivity index (χ0) is 14.0. The molecule has 0 aliphatic rings. The third-order valence-corrected chi connectivity index (χ3v) is 3.84. The van der Waals surface area contributed by atoms with Gasteiger partial charge in [-0.2, -0.15) is 0 Å². The lowest BCUT2D eigenvalue weighted by Gasteiger charge is -2.11. The van der Waals surface area contributed by atoms with E-state index in [1.165, 1.54) is 12.1 Å². The van der Waals surface area contributed by atoms with E-state index < -0.39 is 17.5 Å². The molecule has 0 unspecified atom stereocenters. The van der Waals surface area contributed by atoms with Crippen molar-refractivity contribution in [2.45, 2.75) is 6.54 Å². The second kappa shape index (κ2) is 5.96. The molecular formula is C13H8Br2F3N. The average Bonchev–Trinajstić information content (AvgIpc) is 2.33. The molecule has 0 aromatic heterocycles. The maximum atomic E-state index is 13.6. The van der Waals surface area contributed by atoms with E-state index >= 15 is 0 Å². The van der Waals surface area contributed by atoms with Gasteiger partial charge in [-0.25, -0.2) is 13.2 Å². The van der Waals surface area contributed by atoms with Gasteiger partial charge in [0, 0.05) is 11.0 Å². The Kier molecular flexibility index (Phi) is 4.52. The minimum atomic E-state index is -0.709. The van der Waals surface area contributed by atoms with Gasteiger partial charge in [-0.15, -0.1) is 0 Å². The summed E-state index contributed by atoms with van der Waals surface area (Å²) in [5.41, 5.74) is 0.334. The van der Waals surface area contributed by atoms with Gasteiger partial charge in [-0.05, 0) is 39.7 Å². The molecule has 1 N–H and O–H groups in total. The molecule has 6 heteroatoms. The summed E-state index contributed by atoms with van der Waals surface area (Å²) in [6.07, 6.45) is 0. The van der Waals surface area contributed by atoms with E-state index in [1.54, 1.807) is 6.07 Å². The maximum absolute atomic E-state index is 13.6. The van der Waals surface area contributed by atoms with Crippen molar-refractivity contribution in [3.8, 4) is 0 Å². The zero-order valence-corrected chi connectivity index (χ0v) is 12.7. The van der Waals surface area contributed by atoms with Crippen molar-refractivity contribution in [3.63, 3.8) is 0 Å². The second-order valence-corrected chi connectivity index (χ2v) is 5.52. The Morgan fingerprint density at radius 2 is 1.58 bits per heavy atom. The lowest BCUT2D eigenvalue weighted by Crippen LogP contribution is -2.05. The van der Waals surface area contributed by atoms with Gasteiger partial charge in [0.25, 0.3) is 0 Å². The van der Waals surface area contributed by atoms with Crippen LogP contribution in [-0.4, -0.2) is 0 Å². The highest BCUT2D eigenvalue weighted by molar-refractivity contribution is 9.10. The topological polar surface area (TPSA) is 12.0 Å². The SMILES string of the molecule is Fc1cccc(CNc2c(F)cc(Br)cc2F)c1Br. The highest BCUT2D eigenvalue weighted by Gasteiger charge is 2.11. The molecule has 0 aliphatic carbocycles. The molecule has 19 heavy (non-hydrogen) atoms. The molecule has 2 rings (SSSR count). The van der Waals surface area contributed by atoms with Gasteiger partial charge in [-0.1, -0.05) is 28.1 Å². The molecule has 0 aliphatic heterocycles. The molecule has 0 saturated heterocycles. The van der Waals surface area contributed by atoms with E-state index in [-0.39, 0.29) is 16.7 Å². The van der Waals surface area contributed by atoms with Gasteiger partial charge in [0.05, 0.1) is 4.47 Å². The molecular weight excluding hydrogens is 387 g/mol. The van der Waals surface area contributed by atoms with Crippen LogP contribution < -0.4 is 5.32 Å². The van der Waals surface area contributed by atoms with Crippen molar-refractivity contribution in [1.29, 1.82) is 0 Å². The van der Waals surface area contributed by atoms with Crippen LogP contribution in [-0.2, 0) is 6.54 Å². The molecule has 0 atom stereocenters. The van der Waals surface area contributed by atoms with Crippen molar-refractivity contribution in [1.82, 2.24) is 0 Å². The van der Waals surface area contributed by atoms with Gasteiger partial charge >= 0.3 is 0 Å². The fourth-order valence-electron chi connectivity index (χ4n) is 1.58. The summed E-state index contributed by atoms with van der Waals surface area (Å²) in [7, 11) is 0. The Morgan fingerprint density at radius 1 is 0.947 bits per heavy atom. The lowest BCUT2D eigenvalue weighted by atomic mass is 10.2. The summed E-state index contributed by atoms with van der Waals surface area (Å²) in [4.78, 5) is 0. The van der Waals surface area contributed by atoms with Crippen LogP contribution in [0.25, 0.3) is 0 Å². The Bertz CT molecular complexity index is 594. The van der Waals surface area contributed by atoms with Crippen molar-refractivity contribution in [3.05, 3.63) is 62.3 Å². The first-order valence-corrected chi connectivity index (χ1v) is 6.89. The average molecular weight is 395 g/mol. The Labute approximate surface area is 125 Å². The Morgan fingerprint density at radius 3 is 2.21 bits per heavy atom. The molecule has 2 aromatic rings. The first kappa shape index (κ1) is 14.4. The Hall–Kier alpha value is -1.01. The molecule has 0 fully saturated rings. The normalized spacial score (nSPS) is 10.6. The first-order valence-electron chi connectivity index (χ1n) is 5.30. The zero-order valence-electron chi connectivity index (χ0n) is 9.48. The van der Waals surface area contributed by atoms with Crippen LogP contribution in [0.3, 0.4) is 0 Å². The van der Waals surface area contributed by atoms with Crippen molar-refractivity contribution in [2.24, 2.45) is 0 Å².